The van der Waals surface area contributed by atoms with Gasteiger partial charge in [-0.3, -0.25) is 0 Å². The second kappa shape index (κ2) is 7.79. The molecule has 0 spiro atoms. The predicted octanol–water partition coefficient (Wildman–Crippen LogP) is -0.765. The summed E-state index contributed by atoms with van der Waals surface area (Å²) in [6.45, 7) is 10.2. The molecule has 1 aromatic heterocycles. The predicted molar refractivity (Wildman–Crippen MR) is 70.5 cm³/mol. The summed E-state index contributed by atoms with van der Waals surface area (Å²) in [4.78, 5) is 16.1. The van der Waals surface area contributed by atoms with Gasteiger partial charge in [-0.25, -0.2) is 4.98 Å². The smallest absolute Gasteiger partial charge is 0.0984 e. The normalized spacial score (nSPS) is 10.5. The van der Waals surface area contributed by atoms with E-state index in [1.807, 2.05) is 12.2 Å². The monoisotopic (exact) mass is 266 g/mol. The quantitative estimate of drug-likeness (QED) is 0.598. The van der Waals surface area contributed by atoms with Crippen molar-refractivity contribution in [3.05, 3.63) is 41.4 Å². The van der Waals surface area contributed by atoms with Crippen molar-refractivity contribution in [1.29, 1.82) is 0 Å². The molecule has 5 heteroatoms. The molecular weight excluding hydrogens is 248 g/mol. The Morgan fingerprint density at radius 3 is 2.67 bits per heavy atom. The van der Waals surface area contributed by atoms with Gasteiger partial charge in [0.05, 0.1) is 30.3 Å². The molecule has 4 nitrogen and oxygen atoms in total. The number of carboxylic acid groups (broad SMARTS) is 1. The molecule has 0 saturated heterocycles. The SMILES string of the molecule is C=CC[NH+](CC=C)CCc1nc(CC(=O)[O-])cs1. The zero-order chi connectivity index (χ0) is 13.4. The van der Waals surface area contributed by atoms with E-state index in [1.54, 1.807) is 5.38 Å². The highest BCUT2D eigenvalue weighted by Crippen LogP contribution is 2.09. The topological polar surface area (TPSA) is 57.5 Å². The molecule has 0 aliphatic carbocycles. The van der Waals surface area contributed by atoms with Crippen LogP contribution in [0, 0.1) is 0 Å². The van der Waals surface area contributed by atoms with Gasteiger partial charge < -0.3 is 14.8 Å². The number of rotatable bonds is 9. The molecule has 0 aliphatic rings. The molecule has 18 heavy (non-hydrogen) atoms. The standard InChI is InChI=1S/C13H18N2O2S/c1-3-6-15(7-4-2)8-5-12-14-11(10-18-12)9-13(16)17/h3-4,10H,1-2,5-9H2,(H,16,17). The molecule has 1 N–H and O–H groups in total. The molecule has 0 unspecified atom stereocenters. The second-order valence-corrected chi connectivity index (χ2v) is 4.96. The summed E-state index contributed by atoms with van der Waals surface area (Å²) >= 11 is 1.50. The Balaban J connectivity index is 2.45. The number of aliphatic carboxylic acids is 1. The van der Waals surface area contributed by atoms with Crippen molar-refractivity contribution in [1.82, 2.24) is 4.98 Å². The summed E-state index contributed by atoms with van der Waals surface area (Å²) in [6.07, 6.45) is 4.52. The third-order valence-corrected chi connectivity index (χ3v) is 3.44. The fourth-order valence-corrected chi connectivity index (χ4v) is 2.47. The van der Waals surface area contributed by atoms with Crippen LogP contribution in [0.5, 0.6) is 0 Å². The first-order valence-electron chi connectivity index (χ1n) is 5.84. The van der Waals surface area contributed by atoms with E-state index < -0.39 is 5.97 Å². The lowest BCUT2D eigenvalue weighted by molar-refractivity contribution is -0.887. The van der Waals surface area contributed by atoms with Gasteiger partial charge in [-0.05, 0) is 12.2 Å². The van der Waals surface area contributed by atoms with E-state index >= 15 is 0 Å². The van der Waals surface area contributed by atoms with Crippen LogP contribution in [0.3, 0.4) is 0 Å². The van der Waals surface area contributed by atoms with Crippen molar-refractivity contribution in [2.75, 3.05) is 19.6 Å². The van der Waals surface area contributed by atoms with Crippen LogP contribution in [0.2, 0.25) is 0 Å². The Labute approximate surface area is 111 Å². The number of nitrogens with zero attached hydrogens (tertiary/aromatic N) is 1. The highest BCUT2D eigenvalue weighted by molar-refractivity contribution is 7.09. The average Bonchev–Trinajstić information content (AvgIpc) is 2.73. The molecule has 0 fully saturated rings. The third-order valence-electron chi connectivity index (χ3n) is 2.48. The van der Waals surface area contributed by atoms with E-state index in [0.29, 0.717) is 5.69 Å². The van der Waals surface area contributed by atoms with Crippen molar-refractivity contribution in [3.8, 4) is 0 Å². The van der Waals surface area contributed by atoms with Crippen molar-refractivity contribution in [2.45, 2.75) is 12.8 Å². The first kappa shape index (κ1) is 14.6. The molecule has 0 bridgehead atoms. The van der Waals surface area contributed by atoms with Gasteiger partial charge in [0.15, 0.2) is 0 Å². The Kier molecular flexibility index (Phi) is 6.32. The average molecular weight is 266 g/mol. The van der Waals surface area contributed by atoms with Gasteiger partial charge >= 0.3 is 0 Å². The van der Waals surface area contributed by atoms with Crippen LogP contribution in [0.15, 0.2) is 30.7 Å². The van der Waals surface area contributed by atoms with Gasteiger partial charge in [-0.1, -0.05) is 13.2 Å². The van der Waals surface area contributed by atoms with Crippen molar-refractivity contribution in [3.63, 3.8) is 0 Å². The summed E-state index contributed by atoms with van der Waals surface area (Å²) in [5.74, 6) is -1.09. The van der Waals surface area contributed by atoms with Crippen LogP contribution in [0.25, 0.3) is 0 Å². The largest absolute Gasteiger partial charge is 0.550 e. The molecule has 0 amide bonds. The number of hydrogen-bond donors (Lipinski definition) is 1. The minimum atomic E-state index is -1.09. The van der Waals surface area contributed by atoms with Gasteiger partial charge in [0.1, 0.15) is 0 Å². The van der Waals surface area contributed by atoms with Crippen LogP contribution < -0.4 is 10.0 Å². The molecule has 1 aromatic rings. The number of carbonyl (C=O) groups excluding carboxylic acids is 1. The zero-order valence-electron chi connectivity index (χ0n) is 10.4. The maximum atomic E-state index is 10.4. The lowest BCUT2D eigenvalue weighted by atomic mass is 10.3. The molecule has 0 radical (unpaired) electrons. The van der Waals surface area contributed by atoms with Crippen LogP contribution >= 0.6 is 11.3 Å². The number of carbonyl (C=O) groups is 1. The summed E-state index contributed by atoms with van der Waals surface area (Å²) < 4.78 is 0. The Hall–Kier alpha value is -1.46. The van der Waals surface area contributed by atoms with Crippen molar-refractivity contribution in [2.24, 2.45) is 0 Å². The van der Waals surface area contributed by atoms with E-state index in [0.717, 1.165) is 31.1 Å². The molecular formula is C13H18N2O2S. The van der Waals surface area contributed by atoms with E-state index in [9.17, 15) is 9.90 Å². The molecule has 98 valence electrons. The minimum Gasteiger partial charge on any atom is -0.550 e. The highest BCUT2D eigenvalue weighted by Gasteiger charge is 2.08. The Morgan fingerprint density at radius 1 is 1.44 bits per heavy atom. The number of quaternary nitrogens is 1. The van der Waals surface area contributed by atoms with E-state index in [1.165, 1.54) is 16.2 Å². The lowest BCUT2D eigenvalue weighted by Crippen LogP contribution is -3.11. The number of aromatic nitrogens is 1. The van der Waals surface area contributed by atoms with Crippen molar-refractivity contribution < 1.29 is 14.8 Å². The van der Waals surface area contributed by atoms with Crippen LogP contribution in [0.4, 0.5) is 0 Å². The number of thiazole rings is 1. The number of hydrogen-bond acceptors (Lipinski definition) is 4. The summed E-state index contributed by atoms with van der Waals surface area (Å²) in [6, 6.07) is 0. The van der Waals surface area contributed by atoms with E-state index in [4.69, 9.17) is 0 Å². The molecule has 0 aliphatic heterocycles. The van der Waals surface area contributed by atoms with E-state index in [2.05, 4.69) is 18.1 Å². The molecule has 1 heterocycles. The Bertz CT molecular complexity index is 405. The van der Waals surface area contributed by atoms with Crippen LogP contribution in [0.1, 0.15) is 10.7 Å². The summed E-state index contributed by atoms with van der Waals surface area (Å²) in [5, 5.41) is 13.2. The molecule has 1 rings (SSSR count). The maximum Gasteiger partial charge on any atom is 0.0984 e. The van der Waals surface area contributed by atoms with Gasteiger partial charge in [0.25, 0.3) is 0 Å². The zero-order valence-corrected chi connectivity index (χ0v) is 11.2. The van der Waals surface area contributed by atoms with Gasteiger partial charge in [-0.15, -0.1) is 11.3 Å². The molecule has 0 aromatic carbocycles. The minimum absolute atomic E-state index is 0.105. The third kappa shape index (κ3) is 5.25. The molecule has 0 saturated carbocycles. The first-order valence-corrected chi connectivity index (χ1v) is 6.72. The summed E-state index contributed by atoms with van der Waals surface area (Å²) in [7, 11) is 0. The summed E-state index contributed by atoms with van der Waals surface area (Å²) in [5.41, 5.74) is 0.587. The highest BCUT2D eigenvalue weighted by atomic mass is 32.1. The second-order valence-electron chi connectivity index (χ2n) is 4.02. The lowest BCUT2D eigenvalue weighted by Gasteiger charge is -2.14. The maximum absolute atomic E-state index is 10.4. The van der Waals surface area contributed by atoms with Crippen LogP contribution in [-0.2, 0) is 17.6 Å². The van der Waals surface area contributed by atoms with E-state index in [-0.39, 0.29) is 6.42 Å². The van der Waals surface area contributed by atoms with Crippen LogP contribution in [-0.4, -0.2) is 30.6 Å². The Morgan fingerprint density at radius 2 is 2.11 bits per heavy atom. The number of carboxylic acids is 1. The first-order chi connectivity index (χ1) is 8.65. The molecule has 0 atom stereocenters. The van der Waals surface area contributed by atoms with Gasteiger partial charge in [-0.2, -0.15) is 0 Å². The van der Waals surface area contributed by atoms with Crippen molar-refractivity contribution >= 4 is 17.3 Å². The van der Waals surface area contributed by atoms with Gasteiger partial charge in [0.2, 0.25) is 0 Å². The number of nitrogens with one attached hydrogen (secondary N) is 1. The van der Waals surface area contributed by atoms with Gasteiger partial charge in [0, 0.05) is 24.2 Å². The fraction of sp³-hybridized carbons (Fsp3) is 0.385. The fourth-order valence-electron chi connectivity index (χ4n) is 1.67.